The van der Waals surface area contributed by atoms with E-state index in [1.54, 1.807) is 0 Å². The maximum absolute atomic E-state index is 9.46. The molecule has 1 aliphatic rings. The fourth-order valence-corrected chi connectivity index (χ4v) is 3.66. The topological polar surface area (TPSA) is 44.5 Å². The second-order valence-electron chi connectivity index (χ2n) is 7.75. The first kappa shape index (κ1) is 19.1. The number of nitrogens with zero attached hydrogens (tertiary/aromatic N) is 4. The maximum atomic E-state index is 9.46. The van der Waals surface area contributed by atoms with E-state index in [2.05, 4.69) is 47.1 Å². The summed E-state index contributed by atoms with van der Waals surface area (Å²) < 4.78 is 1.94. The van der Waals surface area contributed by atoms with Crippen molar-refractivity contribution in [1.29, 1.82) is 0 Å². The van der Waals surface area contributed by atoms with Gasteiger partial charge in [-0.25, -0.2) is 4.68 Å². The number of benzene rings is 1. The number of aliphatic hydroxyl groups excluding tert-OH is 1. The molecule has 1 saturated heterocycles. The summed E-state index contributed by atoms with van der Waals surface area (Å²) in [5.74, 6) is 0.728. The van der Waals surface area contributed by atoms with Crippen LogP contribution in [0.25, 0.3) is 5.69 Å². The predicted molar refractivity (Wildman–Crippen MR) is 105 cm³/mol. The van der Waals surface area contributed by atoms with Crippen LogP contribution in [-0.4, -0.2) is 63.5 Å². The average Bonchev–Trinajstić information content (AvgIpc) is 3.10. The summed E-state index contributed by atoms with van der Waals surface area (Å²) in [4.78, 5) is 5.07. The molecule has 1 fully saturated rings. The van der Waals surface area contributed by atoms with E-state index in [0.717, 1.165) is 50.7 Å². The van der Waals surface area contributed by atoms with Crippen LogP contribution in [0, 0.1) is 5.92 Å². The van der Waals surface area contributed by atoms with Crippen LogP contribution in [0.5, 0.6) is 0 Å². The molecule has 0 bridgehead atoms. The highest BCUT2D eigenvalue weighted by atomic mass is 16.3. The fourth-order valence-electron chi connectivity index (χ4n) is 3.66. The largest absolute Gasteiger partial charge is 0.396 e. The van der Waals surface area contributed by atoms with E-state index in [0.29, 0.717) is 6.04 Å². The summed E-state index contributed by atoms with van der Waals surface area (Å²) >= 11 is 0. The SMILES string of the molecule is CC(C)CCN1CCN(Cc2cnn(-c3ccccc3)c2)CC1CCO. The average molecular weight is 357 g/mol. The molecule has 1 aromatic heterocycles. The lowest BCUT2D eigenvalue weighted by atomic mass is 10.1. The summed E-state index contributed by atoms with van der Waals surface area (Å²) in [7, 11) is 0. The van der Waals surface area contributed by atoms with Crippen LogP contribution in [-0.2, 0) is 6.54 Å². The zero-order chi connectivity index (χ0) is 18.4. The quantitative estimate of drug-likeness (QED) is 0.790. The van der Waals surface area contributed by atoms with Crippen molar-refractivity contribution in [3.8, 4) is 5.69 Å². The molecule has 0 aliphatic carbocycles. The maximum Gasteiger partial charge on any atom is 0.0645 e. The molecule has 5 heteroatoms. The van der Waals surface area contributed by atoms with Gasteiger partial charge in [-0.15, -0.1) is 0 Å². The van der Waals surface area contributed by atoms with E-state index in [1.165, 1.54) is 12.0 Å². The molecule has 142 valence electrons. The van der Waals surface area contributed by atoms with Crippen LogP contribution in [0.15, 0.2) is 42.7 Å². The van der Waals surface area contributed by atoms with Crippen LogP contribution in [0.3, 0.4) is 0 Å². The number of para-hydroxylation sites is 1. The van der Waals surface area contributed by atoms with E-state index in [-0.39, 0.29) is 6.61 Å². The van der Waals surface area contributed by atoms with E-state index in [1.807, 2.05) is 29.1 Å². The Balaban J connectivity index is 1.58. The van der Waals surface area contributed by atoms with Crippen LogP contribution in [0.4, 0.5) is 0 Å². The Hall–Kier alpha value is -1.69. The lowest BCUT2D eigenvalue weighted by Crippen LogP contribution is -2.53. The standard InChI is InChI=1S/C21H32N4O/c1-18(2)8-10-24-12-11-23(17-21(24)9-13-26)15-19-14-22-25(16-19)20-6-4-3-5-7-20/h3-7,14,16,18,21,26H,8-13,15,17H2,1-2H3. The predicted octanol–water partition coefficient (Wildman–Crippen LogP) is 2.79. The van der Waals surface area contributed by atoms with Crippen molar-refractivity contribution in [2.45, 2.75) is 39.3 Å². The van der Waals surface area contributed by atoms with Gasteiger partial charge in [0.1, 0.15) is 0 Å². The molecule has 0 radical (unpaired) electrons. The van der Waals surface area contributed by atoms with Gasteiger partial charge < -0.3 is 5.11 Å². The normalized spacial score (nSPS) is 19.3. The highest BCUT2D eigenvalue weighted by Crippen LogP contribution is 2.17. The molecular weight excluding hydrogens is 324 g/mol. The van der Waals surface area contributed by atoms with Crippen LogP contribution in [0.2, 0.25) is 0 Å². The number of piperazine rings is 1. The molecule has 0 spiro atoms. The van der Waals surface area contributed by atoms with Crippen molar-refractivity contribution in [3.05, 3.63) is 48.3 Å². The van der Waals surface area contributed by atoms with Crippen LogP contribution >= 0.6 is 0 Å². The van der Waals surface area contributed by atoms with Gasteiger partial charge in [0, 0.05) is 50.6 Å². The molecule has 1 aromatic carbocycles. The Bertz CT molecular complexity index is 655. The highest BCUT2D eigenvalue weighted by Gasteiger charge is 2.26. The van der Waals surface area contributed by atoms with E-state index in [9.17, 15) is 5.11 Å². The minimum atomic E-state index is 0.266. The van der Waals surface area contributed by atoms with Gasteiger partial charge in [-0.2, -0.15) is 5.10 Å². The van der Waals surface area contributed by atoms with Gasteiger partial charge >= 0.3 is 0 Å². The van der Waals surface area contributed by atoms with Crippen molar-refractivity contribution >= 4 is 0 Å². The van der Waals surface area contributed by atoms with E-state index in [4.69, 9.17) is 0 Å². The smallest absolute Gasteiger partial charge is 0.0645 e. The summed E-state index contributed by atoms with van der Waals surface area (Å²) in [5.41, 5.74) is 2.34. The summed E-state index contributed by atoms with van der Waals surface area (Å²) in [6.45, 7) is 10.1. The molecule has 0 saturated carbocycles. The number of rotatable bonds is 8. The van der Waals surface area contributed by atoms with Crippen molar-refractivity contribution in [2.75, 3.05) is 32.8 Å². The molecule has 1 atom stereocenters. The molecule has 1 unspecified atom stereocenters. The molecule has 0 amide bonds. The Morgan fingerprint density at radius 2 is 2.00 bits per heavy atom. The van der Waals surface area contributed by atoms with E-state index >= 15 is 0 Å². The summed E-state index contributed by atoms with van der Waals surface area (Å²) in [6.07, 6.45) is 6.18. The minimum absolute atomic E-state index is 0.266. The van der Waals surface area contributed by atoms with Crippen molar-refractivity contribution in [2.24, 2.45) is 5.92 Å². The third-order valence-electron chi connectivity index (χ3n) is 5.21. The summed E-state index contributed by atoms with van der Waals surface area (Å²) in [5, 5.41) is 14.0. The molecule has 5 nitrogen and oxygen atoms in total. The highest BCUT2D eigenvalue weighted by molar-refractivity contribution is 5.30. The third kappa shape index (κ3) is 5.16. The monoisotopic (exact) mass is 356 g/mol. The number of hydrogen-bond donors (Lipinski definition) is 1. The lowest BCUT2D eigenvalue weighted by Gasteiger charge is -2.41. The van der Waals surface area contributed by atoms with Crippen molar-refractivity contribution < 1.29 is 5.11 Å². The molecule has 1 aliphatic heterocycles. The van der Waals surface area contributed by atoms with Crippen LogP contribution < -0.4 is 0 Å². The molecule has 2 heterocycles. The van der Waals surface area contributed by atoms with Crippen molar-refractivity contribution in [3.63, 3.8) is 0 Å². The number of aliphatic hydroxyl groups is 1. The van der Waals surface area contributed by atoms with Gasteiger partial charge in [0.15, 0.2) is 0 Å². The molecule has 2 aromatic rings. The lowest BCUT2D eigenvalue weighted by molar-refractivity contribution is 0.0524. The Morgan fingerprint density at radius 3 is 2.73 bits per heavy atom. The Labute approximate surface area is 157 Å². The molecule has 3 rings (SSSR count). The Morgan fingerprint density at radius 1 is 1.19 bits per heavy atom. The molecule has 1 N–H and O–H groups in total. The van der Waals surface area contributed by atoms with Crippen molar-refractivity contribution in [1.82, 2.24) is 19.6 Å². The van der Waals surface area contributed by atoms with Gasteiger partial charge in [0.25, 0.3) is 0 Å². The first-order chi connectivity index (χ1) is 12.7. The first-order valence-electron chi connectivity index (χ1n) is 9.82. The fraction of sp³-hybridized carbons (Fsp3) is 0.571. The minimum Gasteiger partial charge on any atom is -0.396 e. The van der Waals surface area contributed by atoms with Gasteiger partial charge in [-0.3, -0.25) is 9.80 Å². The van der Waals surface area contributed by atoms with Gasteiger partial charge in [-0.05, 0) is 37.4 Å². The van der Waals surface area contributed by atoms with Gasteiger partial charge in [0.2, 0.25) is 0 Å². The number of aromatic nitrogens is 2. The summed E-state index contributed by atoms with van der Waals surface area (Å²) in [6, 6.07) is 10.7. The third-order valence-corrected chi connectivity index (χ3v) is 5.21. The van der Waals surface area contributed by atoms with E-state index < -0.39 is 0 Å². The second kappa shape index (κ2) is 9.31. The number of hydrogen-bond acceptors (Lipinski definition) is 4. The Kier molecular flexibility index (Phi) is 6.83. The van der Waals surface area contributed by atoms with Crippen LogP contribution in [0.1, 0.15) is 32.3 Å². The zero-order valence-electron chi connectivity index (χ0n) is 16.1. The molecular formula is C21H32N4O. The molecule has 26 heavy (non-hydrogen) atoms. The van der Waals surface area contributed by atoms with Gasteiger partial charge in [-0.1, -0.05) is 32.0 Å². The van der Waals surface area contributed by atoms with Gasteiger partial charge in [0.05, 0.1) is 11.9 Å². The first-order valence-corrected chi connectivity index (χ1v) is 9.82. The zero-order valence-corrected chi connectivity index (χ0v) is 16.1. The second-order valence-corrected chi connectivity index (χ2v) is 7.75.